The number of nitrogens with one attached hydrogen (secondary N) is 1. The molecule has 0 rings (SSSR count). The molecular formula is C14H32N2. The van der Waals surface area contributed by atoms with Gasteiger partial charge in [-0.3, -0.25) is 0 Å². The summed E-state index contributed by atoms with van der Waals surface area (Å²) in [5, 5.41) is 3.60. The van der Waals surface area contributed by atoms with Crippen molar-refractivity contribution in [1.29, 1.82) is 0 Å². The van der Waals surface area contributed by atoms with Gasteiger partial charge in [-0.05, 0) is 43.8 Å². The van der Waals surface area contributed by atoms with E-state index in [1.54, 1.807) is 0 Å². The highest BCUT2D eigenvalue weighted by Gasteiger charge is 2.12. The molecule has 2 nitrogen and oxygen atoms in total. The molecule has 0 spiro atoms. The third-order valence-corrected chi connectivity index (χ3v) is 3.63. The number of nitrogens with two attached hydrogens (primary N) is 1. The van der Waals surface area contributed by atoms with Crippen molar-refractivity contribution in [3.63, 3.8) is 0 Å². The van der Waals surface area contributed by atoms with Gasteiger partial charge >= 0.3 is 0 Å². The summed E-state index contributed by atoms with van der Waals surface area (Å²) in [4.78, 5) is 0. The Labute approximate surface area is 102 Å². The molecule has 2 heteroatoms. The van der Waals surface area contributed by atoms with Gasteiger partial charge in [0.25, 0.3) is 0 Å². The van der Waals surface area contributed by atoms with Gasteiger partial charge in [0.2, 0.25) is 0 Å². The highest BCUT2D eigenvalue weighted by atomic mass is 14.9. The second kappa shape index (κ2) is 10.1. The van der Waals surface area contributed by atoms with Crippen LogP contribution in [0.5, 0.6) is 0 Å². The Morgan fingerprint density at radius 1 is 1.12 bits per heavy atom. The lowest BCUT2D eigenvalue weighted by Crippen LogP contribution is -2.34. The SMILES string of the molecule is CCCCC(CC)CNCC(CN)C(C)C. The standard InChI is InChI=1S/C14H32N2/c1-5-7-8-13(6-2)10-16-11-14(9-15)12(3)4/h12-14,16H,5-11,15H2,1-4H3. The lowest BCUT2D eigenvalue weighted by atomic mass is 9.95. The van der Waals surface area contributed by atoms with E-state index in [2.05, 4.69) is 33.0 Å². The third kappa shape index (κ3) is 7.24. The summed E-state index contributed by atoms with van der Waals surface area (Å²) in [6, 6.07) is 0. The molecule has 16 heavy (non-hydrogen) atoms. The van der Waals surface area contributed by atoms with Gasteiger partial charge in [0.1, 0.15) is 0 Å². The van der Waals surface area contributed by atoms with Crippen LogP contribution in [0.4, 0.5) is 0 Å². The van der Waals surface area contributed by atoms with Crippen molar-refractivity contribution in [2.75, 3.05) is 19.6 Å². The Morgan fingerprint density at radius 2 is 1.81 bits per heavy atom. The largest absolute Gasteiger partial charge is 0.330 e. The predicted molar refractivity (Wildman–Crippen MR) is 73.6 cm³/mol. The van der Waals surface area contributed by atoms with Crippen LogP contribution in [0.3, 0.4) is 0 Å². The third-order valence-electron chi connectivity index (χ3n) is 3.63. The molecule has 0 aromatic rings. The first kappa shape index (κ1) is 15.9. The fraction of sp³-hybridized carbons (Fsp3) is 1.00. The van der Waals surface area contributed by atoms with Gasteiger partial charge in [0.05, 0.1) is 0 Å². The van der Waals surface area contributed by atoms with E-state index >= 15 is 0 Å². The van der Waals surface area contributed by atoms with E-state index in [1.165, 1.54) is 32.2 Å². The molecule has 0 aromatic carbocycles. The first-order valence-corrected chi connectivity index (χ1v) is 7.06. The van der Waals surface area contributed by atoms with E-state index in [0.717, 1.165) is 19.0 Å². The second-order valence-electron chi connectivity index (χ2n) is 5.31. The van der Waals surface area contributed by atoms with Crippen molar-refractivity contribution in [2.24, 2.45) is 23.5 Å². The van der Waals surface area contributed by atoms with E-state index in [1.807, 2.05) is 0 Å². The molecule has 0 aromatic heterocycles. The molecule has 2 unspecified atom stereocenters. The number of unbranched alkanes of at least 4 members (excludes halogenated alkanes) is 1. The molecule has 0 amide bonds. The van der Waals surface area contributed by atoms with Crippen LogP contribution in [-0.4, -0.2) is 19.6 Å². The van der Waals surface area contributed by atoms with Crippen LogP contribution in [0.2, 0.25) is 0 Å². The van der Waals surface area contributed by atoms with Gasteiger partial charge in [-0.2, -0.15) is 0 Å². The van der Waals surface area contributed by atoms with Crippen LogP contribution in [0.25, 0.3) is 0 Å². The molecule has 0 bridgehead atoms. The molecule has 0 aliphatic carbocycles. The van der Waals surface area contributed by atoms with E-state index in [9.17, 15) is 0 Å². The van der Waals surface area contributed by atoms with E-state index in [0.29, 0.717) is 11.8 Å². The van der Waals surface area contributed by atoms with Crippen LogP contribution in [0, 0.1) is 17.8 Å². The molecule has 0 heterocycles. The van der Waals surface area contributed by atoms with Gasteiger partial charge in [0, 0.05) is 0 Å². The molecule has 3 N–H and O–H groups in total. The molecule has 0 saturated carbocycles. The zero-order valence-electron chi connectivity index (χ0n) is 11.8. The Bertz CT molecular complexity index is 146. The number of hydrogen-bond acceptors (Lipinski definition) is 2. The van der Waals surface area contributed by atoms with Gasteiger partial charge < -0.3 is 11.1 Å². The van der Waals surface area contributed by atoms with Gasteiger partial charge in [-0.15, -0.1) is 0 Å². The summed E-state index contributed by atoms with van der Waals surface area (Å²) in [6.45, 7) is 12.1. The summed E-state index contributed by atoms with van der Waals surface area (Å²) in [6.07, 6.45) is 5.34. The minimum atomic E-state index is 0.628. The molecule has 0 aliphatic heterocycles. The Hall–Kier alpha value is -0.0800. The highest BCUT2D eigenvalue weighted by molar-refractivity contribution is 4.68. The normalized spacial score (nSPS) is 15.4. The first-order chi connectivity index (χ1) is 7.65. The Balaban J connectivity index is 3.67. The van der Waals surface area contributed by atoms with Crippen LogP contribution in [0.1, 0.15) is 53.4 Å². The van der Waals surface area contributed by atoms with Gasteiger partial charge in [-0.25, -0.2) is 0 Å². The second-order valence-corrected chi connectivity index (χ2v) is 5.31. The minimum absolute atomic E-state index is 0.628. The quantitative estimate of drug-likeness (QED) is 0.603. The summed E-state index contributed by atoms with van der Waals surface area (Å²) >= 11 is 0. The smallest absolute Gasteiger partial charge is 0.000589 e. The van der Waals surface area contributed by atoms with Crippen molar-refractivity contribution in [1.82, 2.24) is 5.32 Å². The Kier molecular flexibility index (Phi) is 10.0. The zero-order valence-corrected chi connectivity index (χ0v) is 11.8. The lowest BCUT2D eigenvalue weighted by Gasteiger charge is -2.21. The van der Waals surface area contributed by atoms with E-state index in [4.69, 9.17) is 5.73 Å². The maximum atomic E-state index is 5.76. The Morgan fingerprint density at radius 3 is 2.25 bits per heavy atom. The minimum Gasteiger partial charge on any atom is -0.330 e. The van der Waals surface area contributed by atoms with Crippen molar-refractivity contribution < 1.29 is 0 Å². The molecule has 2 atom stereocenters. The summed E-state index contributed by atoms with van der Waals surface area (Å²) in [5.74, 6) is 2.17. The topological polar surface area (TPSA) is 38.0 Å². The highest BCUT2D eigenvalue weighted by Crippen LogP contribution is 2.12. The van der Waals surface area contributed by atoms with Crippen LogP contribution >= 0.6 is 0 Å². The fourth-order valence-corrected chi connectivity index (χ4v) is 2.01. The van der Waals surface area contributed by atoms with Crippen LogP contribution in [-0.2, 0) is 0 Å². The van der Waals surface area contributed by atoms with E-state index < -0.39 is 0 Å². The average Bonchev–Trinajstić information content (AvgIpc) is 2.28. The first-order valence-electron chi connectivity index (χ1n) is 7.06. The number of hydrogen-bond donors (Lipinski definition) is 2. The maximum absolute atomic E-state index is 5.76. The van der Waals surface area contributed by atoms with Crippen molar-refractivity contribution >= 4 is 0 Å². The number of rotatable bonds is 10. The molecule has 0 aliphatic rings. The van der Waals surface area contributed by atoms with Crippen molar-refractivity contribution in [3.8, 4) is 0 Å². The fourth-order valence-electron chi connectivity index (χ4n) is 2.01. The predicted octanol–water partition coefficient (Wildman–Crippen LogP) is 3.02. The lowest BCUT2D eigenvalue weighted by molar-refractivity contribution is 0.344. The van der Waals surface area contributed by atoms with Crippen LogP contribution < -0.4 is 11.1 Å². The summed E-state index contributed by atoms with van der Waals surface area (Å²) in [5.41, 5.74) is 5.76. The monoisotopic (exact) mass is 228 g/mol. The zero-order chi connectivity index (χ0) is 12.4. The summed E-state index contributed by atoms with van der Waals surface area (Å²) in [7, 11) is 0. The molecule has 0 fully saturated rings. The van der Waals surface area contributed by atoms with Crippen molar-refractivity contribution in [2.45, 2.75) is 53.4 Å². The van der Waals surface area contributed by atoms with E-state index in [-0.39, 0.29) is 0 Å². The average molecular weight is 228 g/mol. The molecule has 98 valence electrons. The maximum Gasteiger partial charge on any atom is -0.000589 e. The van der Waals surface area contributed by atoms with Crippen molar-refractivity contribution in [3.05, 3.63) is 0 Å². The van der Waals surface area contributed by atoms with Gasteiger partial charge in [-0.1, -0.05) is 47.0 Å². The van der Waals surface area contributed by atoms with Crippen LogP contribution in [0.15, 0.2) is 0 Å². The molecular weight excluding hydrogens is 196 g/mol. The molecule has 0 saturated heterocycles. The molecule has 0 radical (unpaired) electrons. The summed E-state index contributed by atoms with van der Waals surface area (Å²) < 4.78 is 0. The van der Waals surface area contributed by atoms with Gasteiger partial charge in [0.15, 0.2) is 0 Å².